The average Bonchev–Trinajstić information content (AvgIpc) is 3.40. The minimum Gasteiger partial charge on any atom is -0.478 e. The molecule has 1 N–H and O–H groups in total. The number of aromatic carboxylic acids is 1. The van der Waals surface area contributed by atoms with E-state index in [2.05, 4.69) is 6.58 Å². The van der Waals surface area contributed by atoms with Crippen molar-refractivity contribution in [2.24, 2.45) is 0 Å². The molecule has 0 aliphatic carbocycles. The van der Waals surface area contributed by atoms with Crippen molar-refractivity contribution in [1.82, 2.24) is 0 Å². The zero-order chi connectivity index (χ0) is 17.5. The monoisotopic (exact) mass is 334 g/mol. The number of carbonyl (C=O) groups excluding carboxylic acids is 2. The van der Waals surface area contributed by atoms with Gasteiger partial charge in [0.2, 0.25) is 0 Å². The Morgan fingerprint density at radius 3 is 2.71 bits per heavy atom. The molecule has 0 spiro atoms. The van der Waals surface area contributed by atoms with Crippen LogP contribution in [0, 0.1) is 0 Å². The van der Waals surface area contributed by atoms with E-state index in [0.717, 1.165) is 6.08 Å². The Hall–Kier alpha value is -2.67. The molecule has 1 saturated heterocycles. The highest BCUT2D eigenvalue weighted by atomic mass is 16.6. The van der Waals surface area contributed by atoms with Gasteiger partial charge in [0.15, 0.2) is 0 Å². The SMILES string of the molecule is C=CC(=O)OCCCc1cccc(C(=O)OCC2CO2)c1C(=O)O. The Labute approximate surface area is 138 Å². The molecule has 1 aliphatic rings. The average molecular weight is 334 g/mol. The van der Waals surface area contributed by atoms with Gasteiger partial charge < -0.3 is 19.3 Å². The van der Waals surface area contributed by atoms with Crippen LogP contribution in [0.25, 0.3) is 0 Å². The second-order valence-corrected chi connectivity index (χ2v) is 5.17. The molecule has 2 rings (SSSR count). The first-order valence-electron chi connectivity index (χ1n) is 7.46. The lowest BCUT2D eigenvalue weighted by atomic mass is 9.97. The van der Waals surface area contributed by atoms with E-state index < -0.39 is 17.9 Å². The standard InChI is InChI=1S/C17H18O7/c1-2-14(18)22-8-4-6-11-5-3-7-13(15(11)16(19)20)17(21)24-10-12-9-23-12/h2-3,5,7,12H,1,4,6,8-10H2,(H,19,20). The van der Waals surface area contributed by atoms with Gasteiger partial charge in [0.05, 0.1) is 24.3 Å². The van der Waals surface area contributed by atoms with Crippen molar-refractivity contribution in [2.75, 3.05) is 19.8 Å². The number of hydrogen-bond acceptors (Lipinski definition) is 6. The quantitative estimate of drug-likeness (QED) is 0.317. The van der Waals surface area contributed by atoms with Crippen LogP contribution in [0.1, 0.15) is 32.7 Å². The fourth-order valence-corrected chi connectivity index (χ4v) is 2.14. The van der Waals surface area contributed by atoms with Crippen LogP contribution in [-0.4, -0.2) is 48.9 Å². The van der Waals surface area contributed by atoms with E-state index in [9.17, 15) is 19.5 Å². The number of rotatable bonds is 9. The molecule has 128 valence electrons. The first-order valence-corrected chi connectivity index (χ1v) is 7.46. The topological polar surface area (TPSA) is 102 Å². The van der Waals surface area contributed by atoms with E-state index in [1.54, 1.807) is 12.1 Å². The Morgan fingerprint density at radius 1 is 1.33 bits per heavy atom. The highest BCUT2D eigenvalue weighted by Gasteiger charge is 2.26. The molecule has 7 nitrogen and oxygen atoms in total. The van der Waals surface area contributed by atoms with Gasteiger partial charge in [-0.05, 0) is 24.5 Å². The van der Waals surface area contributed by atoms with Gasteiger partial charge in [-0.15, -0.1) is 0 Å². The number of ether oxygens (including phenoxy) is 3. The third-order valence-corrected chi connectivity index (χ3v) is 3.39. The summed E-state index contributed by atoms with van der Waals surface area (Å²) in [6, 6.07) is 4.64. The molecular weight excluding hydrogens is 316 g/mol. The van der Waals surface area contributed by atoms with Crippen molar-refractivity contribution < 1.29 is 33.7 Å². The lowest BCUT2D eigenvalue weighted by molar-refractivity contribution is -0.137. The third-order valence-electron chi connectivity index (χ3n) is 3.39. The second-order valence-electron chi connectivity index (χ2n) is 5.17. The normalized spacial score (nSPS) is 15.4. The Balaban J connectivity index is 2.05. The van der Waals surface area contributed by atoms with Gasteiger partial charge in [0.25, 0.3) is 0 Å². The molecule has 1 heterocycles. The Morgan fingerprint density at radius 2 is 2.08 bits per heavy atom. The molecule has 1 unspecified atom stereocenters. The number of carboxylic acids is 1. The fourth-order valence-electron chi connectivity index (χ4n) is 2.14. The molecule has 0 saturated carbocycles. The maximum absolute atomic E-state index is 12.1. The molecule has 1 fully saturated rings. The molecule has 1 atom stereocenters. The molecule has 0 radical (unpaired) electrons. The second kappa shape index (κ2) is 8.26. The molecule has 0 amide bonds. The van der Waals surface area contributed by atoms with E-state index >= 15 is 0 Å². The summed E-state index contributed by atoms with van der Waals surface area (Å²) in [4.78, 5) is 34.6. The van der Waals surface area contributed by atoms with Crippen molar-refractivity contribution >= 4 is 17.9 Å². The molecule has 7 heteroatoms. The van der Waals surface area contributed by atoms with Gasteiger partial charge >= 0.3 is 17.9 Å². The summed E-state index contributed by atoms with van der Waals surface area (Å²) < 4.78 is 14.9. The minimum absolute atomic E-state index is 0.00346. The summed E-state index contributed by atoms with van der Waals surface area (Å²) >= 11 is 0. The zero-order valence-corrected chi connectivity index (χ0v) is 13.0. The number of esters is 2. The van der Waals surface area contributed by atoms with Gasteiger partial charge in [-0.25, -0.2) is 14.4 Å². The molecule has 1 aromatic carbocycles. The lowest BCUT2D eigenvalue weighted by Gasteiger charge is -2.11. The summed E-state index contributed by atoms with van der Waals surface area (Å²) in [5, 5.41) is 9.44. The molecular formula is C17H18O7. The summed E-state index contributed by atoms with van der Waals surface area (Å²) in [5.74, 6) is -2.43. The van der Waals surface area contributed by atoms with Crippen LogP contribution in [0.5, 0.6) is 0 Å². The van der Waals surface area contributed by atoms with Crippen LogP contribution in [0.3, 0.4) is 0 Å². The number of epoxide rings is 1. The van der Waals surface area contributed by atoms with Gasteiger partial charge in [-0.1, -0.05) is 18.7 Å². The van der Waals surface area contributed by atoms with Crippen molar-refractivity contribution in [3.63, 3.8) is 0 Å². The van der Waals surface area contributed by atoms with Crippen molar-refractivity contribution in [3.8, 4) is 0 Å². The van der Waals surface area contributed by atoms with Crippen LogP contribution in [0.2, 0.25) is 0 Å². The van der Waals surface area contributed by atoms with Gasteiger partial charge in [0.1, 0.15) is 12.7 Å². The smallest absolute Gasteiger partial charge is 0.339 e. The first-order chi connectivity index (χ1) is 11.5. The maximum Gasteiger partial charge on any atom is 0.339 e. The van der Waals surface area contributed by atoms with Gasteiger partial charge in [-0.3, -0.25) is 0 Å². The highest BCUT2D eigenvalue weighted by molar-refractivity contribution is 6.03. The number of hydrogen-bond donors (Lipinski definition) is 1. The van der Waals surface area contributed by atoms with Crippen LogP contribution in [0.15, 0.2) is 30.9 Å². The van der Waals surface area contributed by atoms with E-state index in [0.29, 0.717) is 25.0 Å². The number of benzene rings is 1. The van der Waals surface area contributed by atoms with Crippen LogP contribution >= 0.6 is 0 Å². The predicted molar refractivity (Wildman–Crippen MR) is 82.9 cm³/mol. The summed E-state index contributed by atoms with van der Waals surface area (Å²) in [6.07, 6.45) is 1.74. The molecule has 1 aromatic rings. The van der Waals surface area contributed by atoms with Crippen LogP contribution in [0.4, 0.5) is 0 Å². The lowest BCUT2D eigenvalue weighted by Crippen LogP contribution is -2.16. The molecule has 1 aliphatic heterocycles. The van der Waals surface area contributed by atoms with Crippen molar-refractivity contribution in [3.05, 3.63) is 47.5 Å². The minimum atomic E-state index is -1.21. The summed E-state index contributed by atoms with van der Waals surface area (Å²) in [5.41, 5.74) is 0.396. The number of aryl methyl sites for hydroxylation is 1. The van der Waals surface area contributed by atoms with E-state index in [1.807, 2.05) is 0 Å². The van der Waals surface area contributed by atoms with Gasteiger partial charge in [0, 0.05) is 6.08 Å². The molecule has 24 heavy (non-hydrogen) atoms. The first kappa shape index (κ1) is 17.7. The highest BCUT2D eigenvalue weighted by Crippen LogP contribution is 2.19. The van der Waals surface area contributed by atoms with Crippen molar-refractivity contribution in [2.45, 2.75) is 18.9 Å². The van der Waals surface area contributed by atoms with E-state index in [1.165, 1.54) is 6.07 Å². The zero-order valence-electron chi connectivity index (χ0n) is 13.0. The van der Waals surface area contributed by atoms with Crippen molar-refractivity contribution in [1.29, 1.82) is 0 Å². The Bertz CT molecular complexity index is 646. The largest absolute Gasteiger partial charge is 0.478 e. The summed E-state index contributed by atoms with van der Waals surface area (Å²) in [6.45, 7) is 4.08. The maximum atomic E-state index is 12.1. The van der Waals surface area contributed by atoms with Gasteiger partial charge in [-0.2, -0.15) is 0 Å². The molecule has 0 aromatic heterocycles. The molecule has 0 bridgehead atoms. The van der Waals surface area contributed by atoms with E-state index in [-0.39, 0.29) is 30.4 Å². The van der Waals surface area contributed by atoms with E-state index in [4.69, 9.17) is 14.2 Å². The number of carboxylic acid groups (broad SMARTS) is 1. The fraction of sp³-hybridized carbons (Fsp3) is 0.353. The predicted octanol–water partition coefficient (Wildman–Crippen LogP) is 1.60. The van der Waals surface area contributed by atoms with Crippen LogP contribution < -0.4 is 0 Å². The third kappa shape index (κ3) is 4.92. The van der Waals surface area contributed by atoms with Crippen LogP contribution in [-0.2, 0) is 25.4 Å². The number of carbonyl (C=O) groups is 3. The Kier molecular flexibility index (Phi) is 6.08. The summed E-state index contributed by atoms with van der Waals surface area (Å²) in [7, 11) is 0.